The van der Waals surface area contributed by atoms with Gasteiger partial charge in [0.15, 0.2) is 17.5 Å². The van der Waals surface area contributed by atoms with E-state index in [-0.39, 0.29) is 28.9 Å². The summed E-state index contributed by atoms with van der Waals surface area (Å²) in [4.78, 5) is 20.0. The number of benzene rings is 1. The first-order valence-electron chi connectivity index (χ1n) is 7.11. The number of aromatic nitrogens is 2. The molecule has 120 valence electrons. The fourth-order valence-electron chi connectivity index (χ4n) is 2.22. The third-order valence-corrected chi connectivity index (χ3v) is 3.82. The lowest BCUT2D eigenvalue weighted by molar-refractivity contribution is -0.118. The molecule has 1 N–H and O–H groups in total. The first-order valence-corrected chi connectivity index (χ1v) is 7.11. The summed E-state index contributed by atoms with van der Waals surface area (Å²) in [5.41, 5.74) is 0.0349. The Morgan fingerprint density at radius 2 is 2.00 bits per heavy atom. The van der Waals surface area contributed by atoms with Crippen LogP contribution in [0.25, 0.3) is 0 Å². The van der Waals surface area contributed by atoms with Crippen LogP contribution in [0, 0.1) is 23.0 Å². The lowest BCUT2D eigenvalue weighted by Crippen LogP contribution is -2.17. The summed E-state index contributed by atoms with van der Waals surface area (Å²) in [5, 5.41) is 2.69. The van der Waals surface area contributed by atoms with Crippen molar-refractivity contribution in [2.24, 2.45) is 11.3 Å². The average Bonchev–Trinajstić information content (AvgIpc) is 3.14. The molecule has 1 aromatic carbocycles. The molecular formula is C16H15F2N3O2. The third kappa shape index (κ3) is 3.44. The predicted molar refractivity (Wildman–Crippen MR) is 79.0 cm³/mol. The van der Waals surface area contributed by atoms with Crippen molar-refractivity contribution in [1.82, 2.24) is 9.97 Å². The topological polar surface area (TPSA) is 64.1 Å². The van der Waals surface area contributed by atoms with Gasteiger partial charge in [-0.2, -0.15) is 0 Å². The van der Waals surface area contributed by atoms with Crippen LogP contribution in [0.1, 0.15) is 20.3 Å². The minimum absolute atomic E-state index is 0.0117. The number of ether oxygens (including phenoxy) is 1. The number of nitrogens with one attached hydrogen (secondary N) is 1. The van der Waals surface area contributed by atoms with E-state index < -0.39 is 11.6 Å². The van der Waals surface area contributed by atoms with Gasteiger partial charge in [-0.05, 0) is 24.0 Å². The number of halogens is 2. The van der Waals surface area contributed by atoms with Crippen molar-refractivity contribution >= 4 is 11.7 Å². The molecule has 1 saturated carbocycles. The summed E-state index contributed by atoms with van der Waals surface area (Å²) in [6.07, 6.45) is 3.50. The van der Waals surface area contributed by atoms with Crippen molar-refractivity contribution in [2.75, 3.05) is 5.32 Å². The Morgan fingerprint density at radius 1 is 1.26 bits per heavy atom. The van der Waals surface area contributed by atoms with Crippen molar-refractivity contribution in [3.8, 4) is 11.6 Å². The van der Waals surface area contributed by atoms with Crippen molar-refractivity contribution in [3.05, 3.63) is 42.2 Å². The van der Waals surface area contributed by atoms with Gasteiger partial charge in [0.25, 0.3) is 0 Å². The number of carbonyl (C=O) groups excluding carboxylic acids is 1. The molecule has 1 unspecified atom stereocenters. The van der Waals surface area contributed by atoms with Gasteiger partial charge in [-0.3, -0.25) is 4.79 Å². The minimum Gasteiger partial charge on any atom is -0.437 e. The van der Waals surface area contributed by atoms with E-state index in [1.165, 1.54) is 18.5 Å². The van der Waals surface area contributed by atoms with Crippen LogP contribution in [0.5, 0.6) is 11.6 Å². The second-order valence-electron chi connectivity index (χ2n) is 6.15. The molecule has 1 amide bonds. The summed E-state index contributed by atoms with van der Waals surface area (Å²) >= 11 is 0. The molecule has 0 aliphatic heterocycles. The van der Waals surface area contributed by atoms with Crippen LogP contribution >= 0.6 is 0 Å². The van der Waals surface area contributed by atoms with Crippen LogP contribution in [0.4, 0.5) is 14.6 Å². The Kier molecular flexibility index (Phi) is 3.71. The van der Waals surface area contributed by atoms with E-state index in [4.69, 9.17) is 4.74 Å². The van der Waals surface area contributed by atoms with E-state index in [0.717, 1.165) is 18.6 Å². The number of anilines is 1. The van der Waals surface area contributed by atoms with E-state index >= 15 is 0 Å². The molecule has 3 rings (SSSR count). The van der Waals surface area contributed by atoms with Gasteiger partial charge in [-0.15, -0.1) is 0 Å². The van der Waals surface area contributed by atoms with Crippen LogP contribution in [0.15, 0.2) is 30.6 Å². The molecule has 1 aromatic heterocycles. The fraction of sp³-hybridized carbons (Fsp3) is 0.312. The molecule has 1 atom stereocenters. The van der Waals surface area contributed by atoms with E-state index in [0.29, 0.717) is 5.82 Å². The average molecular weight is 319 g/mol. The normalized spacial score (nSPS) is 18.3. The Labute approximate surface area is 131 Å². The highest BCUT2D eigenvalue weighted by Crippen LogP contribution is 2.51. The predicted octanol–water partition coefficient (Wildman–Crippen LogP) is 3.53. The van der Waals surface area contributed by atoms with Crippen LogP contribution in [0.3, 0.4) is 0 Å². The second-order valence-corrected chi connectivity index (χ2v) is 6.15. The van der Waals surface area contributed by atoms with Crippen LogP contribution in [0.2, 0.25) is 0 Å². The van der Waals surface area contributed by atoms with Gasteiger partial charge >= 0.3 is 0 Å². The Bertz CT molecular complexity index is 747. The lowest BCUT2D eigenvalue weighted by atomic mass is 10.1. The van der Waals surface area contributed by atoms with Gasteiger partial charge in [0.2, 0.25) is 11.8 Å². The minimum atomic E-state index is -1.01. The highest BCUT2D eigenvalue weighted by Gasteiger charge is 2.50. The second kappa shape index (κ2) is 5.57. The summed E-state index contributed by atoms with van der Waals surface area (Å²) in [7, 11) is 0. The number of carbonyl (C=O) groups is 1. The molecule has 0 spiro atoms. The molecule has 5 nitrogen and oxygen atoms in total. The van der Waals surface area contributed by atoms with Crippen molar-refractivity contribution in [3.63, 3.8) is 0 Å². The maximum atomic E-state index is 13.1. The molecule has 1 heterocycles. The summed E-state index contributed by atoms with van der Waals surface area (Å²) < 4.78 is 31.2. The molecule has 0 bridgehead atoms. The number of hydrogen-bond acceptors (Lipinski definition) is 4. The molecule has 0 saturated heterocycles. The van der Waals surface area contributed by atoms with E-state index in [1.807, 2.05) is 13.8 Å². The highest BCUT2D eigenvalue weighted by molar-refractivity contribution is 5.94. The SMILES string of the molecule is CC1(C)CC1C(=O)Nc1cnc(Oc2ccc(F)c(F)c2)cn1. The Balaban J connectivity index is 1.63. The summed E-state index contributed by atoms with van der Waals surface area (Å²) in [6.45, 7) is 4.06. The van der Waals surface area contributed by atoms with Gasteiger partial charge in [-0.25, -0.2) is 18.7 Å². The van der Waals surface area contributed by atoms with Gasteiger partial charge in [0.1, 0.15) is 5.75 Å². The third-order valence-electron chi connectivity index (χ3n) is 3.82. The van der Waals surface area contributed by atoms with Gasteiger partial charge in [0, 0.05) is 12.0 Å². The van der Waals surface area contributed by atoms with E-state index in [9.17, 15) is 13.6 Å². The monoisotopic (exact) mass is 319 g/mol. The number of amides is 1. The summed E-state index contributed by atoms with van der Waals surface area (Å²) in [5.74, 6) is -1.53. The highest BCUT2D eigenvalue weighted by atomic mass is 19.2. The van der Waals surface area contributed by atoms with Crippen molar-refractivity contribution in [1.29, 1.82) is 0 Å². The zero-order valence-corrected chi connectivity index (χ0v) is 12.6. The van der Waals surface area contributed by atoms with E-state index in [2.05, 4.69) is 15.3 Å². The maximum Gasteiger partial charge on any atom is 0.237 e. The summed E-state index contributed by atoms with van der Waals surface area (Å²) in [6, 6.07) is 3.16. The fourth-order valence-corrected chi connectivity index (χ4v) is 2.22. The van der Waals surface area contributed by atoms with Crippen LogP contribution < -0.4 is 10.1 Å². The lowest BCUT2D eigenvalue weighted by Gasteiger charge is -2.07. The molecule has 1 fully saturated rings. The molecule has 23 heavy (non-hydrogen) atoms. The zero-order valence-electron chi connectivity index (χ0n) is 12.6. The molecule has 1 aliphatic rings. The zero-order chi connectivity index (χ0) is 16.6. The molecule has 0 radical (unpaired) electrons. The first kappa shape index (κ1) is 15.3. The standard InChI is InChI=1S/C16H15F2N3O2/c1-16(2)6-10(16)15(22)21-13-7-20-14(8-19-13)23-9-3-4-11(17)12(18)5-9/h3-5,7-8,10H,6H2,1-2H3,(H,19,21,22). The van der Waals surface area contributed by atoms with Crippen LogP contribution in [-0.4, -0.2) is 15.9 Å². The Hall–Kier alpha value is -2.57. The molecular weight excluding hydrogens is 304 g/mol. The maximum absolute atomic E-state index is 13.1. The largest absolute Gasteiger partial charge is 0.437 e. The van der Waals surface area contributed by atoms with Gasteiger partial charge in [-0.1, -0.05) is 13.8 Å². The molecule has 1 aliphatic carbocycles. The first-order chi connectivity index (χ1) is 10.8. The van der Waals surface area contributed by atoms with Gasteiger partial charge in [0.05, 0.1) is 12.4 Å². The quantitative estimate of drug-likeness (QED) is 0.936. The number of rotatable bonds is 4. The smallest absolute Gasteiger partial charge is 0.237 e. The van der Waals surface area contributed by atoms with Crippen molar-refractivity contribution in [2.45, 2.75) is 20.3 Å². The van der Waals surface area contributed by atoms with Gasteiger partial charge < -0.3 is 10.1 Å². The van der Waals surface area contributed by atoms with Crippen molar-refractivity contribution < 1.29 is 18.3 Å². The van der Waals surface area contributed by atoms with Crippen LogP contribution in [-0.2, 0) is 4.79 Å². The molecule has 2 aromatic rings. The number of hydrogen-bond donors (Lipinski definition) is 1. The Morgan fingerprint density at radius 3 is 2.57 bits per heavy atom. The number of nitrogens with zero attached hydrogens (tertiary/aromatic N) is 2. The molecule has 7 heteroatoms. The van der Waals surface area contributed by atoms with E-state index in [1.54, 1.807) is 0 Å².